The smallest absolute Gasteiger partial charge is 0.238 e. The highest BCUT2D eigenvalue weighted by Gasteiger charge is 2.15. The van der Waals surface area contributed by atoms with E-state index in [1.54, 1.807) is 36.4 Å². The van der Waals surface area contributed by atoms with Gasteiger partial charge in [0.05, 0.1) is 52.3 Å². The number of carbonyl (C=O) groups is 1. The summed E-state index contributed by atoms with van der Waals surface area (Å²) in [6.45, 7) is -0.155. The van der Waals surface area contributed by atoms with Crippen molar-refractivity contribution in [3.8, 4) is 29.1 Å². The Morgan fingerprint density at radius 3 is 2.14 bits per heavy atom. The number of allylic oxidation sites excluding steroid dienone is 1. The summed E-state index contributed by atoms with van der Waals surface area (Å²) in [5.41, 5.74) is 7.46. The van der Waals surface area contributed by atoms with Crippen LogP contribution in [-0.4, -0.2) is 40.9 Å². The van der Waals surface area contributed by atoms with E-state index < -0.39 is 0 Å². The maximum Gasteiger partial charge on any atom is 0.238 e. The van der Waals surface area contributed by atoms with Crippen molar-refractivity contribution in [2.24, 2.45) is 5.73 Å². The average molecular weight is 397 g/mol. The molecule has 0 saturated carbocycles. The van der Waals surface area contributed by atoms with E-state index in [1.807, 2.05) is 0 Å². The minimum Gasteiger partial charge on any atom is -0.495 e. The maximum atomic E-state index is 11.7. The highest BCUT2D eigenvalue weighted by atomic mass is 16.5. The molecular formula is C21H23N3O5. The molecule has 2 rings (SSSR count). The summed E-state index contributed by atoms with van der Waals surface area (Å²) >= 11 is 0. The highest BCUT2D eigenvalue weighted by molar-refractivity contribution is 5.95. The van der Waals surface area contributed by atoms with E-state index in [9.17, 15) is 10.1 Å². The Hall–Kier alpha value is -3.70. The van der Waals surface area contributed by atoms with Crippen molar-refractivity contribution in [3.05, 3.63) is 41.5 Å². The third-order valence-electron chi connectivity index (χ3n) is 4.09. The van der Waals surface area contributed by atoms with Gasteiger partial charge in [-0.3, -0.25) is 4.79 Å². The summed E-state index contributed by atoms with van der Waals surface area (Å²) in [6, 6.07) is 10.7. The summed E-state index contributed by atoms with van der Waals surface area (Å²) < 4.78 is 21.3. The lowest BCUT2D eigenvalue weighted by Crippen LogP contribution is -2.22. The molecule has 0 unspecified atom stereocenters. The number of ether oxygens (including phenoxy) is 4. The second-order valence-electron chi connectivity index (χ2n) is 5.80. The summed E-state index contributed by atoms with van der Waals surface area (Å²) in [6.07, 6.45) is 1.68. The summed E-state index contributed by atoms with van der Waals surface area (Å²) in [5.74, 6) is 1.44. The fourth-order valence-corrected chi connectivity index (χ4v) is 2.70. The molecule has 8 nitrogen and oxygen atoms in total. The van der Waals surface area contributed by atoms with Crippen molar-refractivity contribution in [2.45, 2.75) is 0 Å². The molecular weight excluding hydrogens is 374 g/mol. The number of methoxy groups -OCH3 is 4. The van der Waals surface area contributed by atoms with Gasteiger partial charge in [-0.2, -0.15) is 5.26 Å². The van der Waals surface area contributed by atoms with Crippen LogP contribution in [0.3, 0.4) is 0 Å². The van der Waals surface area contributed by atoms with E-state index in [-0.39, 0.29) is 12.5 Å². The van der Waals surface area contributed by atoms with Gasteiger partial charge in [0, 0.05) is 0 Å². The maximum absolute atomic E-state index is 11.7. The lowest BCUT2D eigenvalue weighted by atomic mass is 10.0. The Kier molecular flexibility index (Phi) is 7.46. The normalized spacial score (nSPS) is 10.7. The number of carbonyl (C=O) groups excluding carboxylic acids is 1. The fourth-order valence-electron chi connectivity index (χ4n) is 2.70. The van der Waals surface area contributed by atoms with Gasteiger partial charge in [0.2, 0.25) is 11.7 Å². The van der Waals surface area contributed by atoms with Crippen LogP contribution in [0.5, 0.6) is 23.0 Å². The van der Waals surface area contributed by atoms with E-state index in [2.05, 4.69) is 11.4 Å². The summed E-state index contributed by atoms with van der Waals surface area (Å²) in [5, 5.41) is 12.4. The number of hydrogen-bond acceptors (Lipinski definition) is 7. The minimum absolute atomic E-state index is 0.155. The predicted octanol–water partition coefficient (Wildman–Crippen LogP) is 2.68. The Balaban J connectivity index is 2.53. The molecule has 0 aliphatic heterocycles. The molecule has 8 heteroatoms. The zero-order valence-electron chi connectivity index (χ0n) is 16.7. The van der Waals surface area contributed by atoms with Gasteiger partial charge in [-0.25, -0.2) is 0 Å². The molecule has 2 aromatic rings. The molecule has 0 heterocycles. The average Bonchev–Trinajstić information content (AvgIpc) is 2.76. The second-order valence-corrected chi connectivity index (χ2v) is 5.80. The first-order valence-electron chi connectivity index (χ1n) is 8.61. The summed E-state index contributed by atoms with van der Waals surface area (Å²) in [7, 11) is 6.02. The number of amides is 1. The first kappa shape index (κ1) is 21.6. The zero-order valence-corrected chi connectivity index (χ0v) is 16.7. The van der Waals surface area contributed by atoms with Crippen LogP contribution in [0.2, 0.25) is 0 Å². The number of hydrogen-bond donors (Lipinski definition) is 2. The third-order valence-corrected chi connectivity index (χ3v) is 4.09. The van der Waals surface area contributed by atoms with Gasteiger partial charge < -0.3 is 30.0 Å². The molecule has 0 aliphatic carbocycles. The highest BCUT2D eigenvalue weighted by Crippen LogP contribution is 2.40. The third kappa shape index (κ3) is 4.97. The Morgan fingerprint density at radius 1 is 1.03 bits per heavy atom. The first-order chi connectivity index (χ1) is 14.0. The topological polar surface area (TPSA) is 116 Å². The minimum atomic E-state index is -0.352. The largest absolute Gasteiger partial charge is 0.495 e. The fraction of sp³-hybridized carbons (Fsp3) is 0.238. The van der Waals surface area contributed by atoms with Crippen molar-refractivity contribution in [2.75, 3.05) is 40.3 Å². The van der Waals surface area contributed by atoms with Crippen LogP contribution in [0.15, 0.2) is 30.3 Å². The lowest BCUT2D eigenvalue weighted by Gasteiger charge is -2.14. The van der Waals surface area contributed by atoms with Gasteiger partial charge >= 0.3 is 0 Å². The molecule has 0 aliphatic rings. The molecule has 0 bridgehead atoms. The van der Waals surface area contributed by atoms with Crippen LogP contribution in [0.4, 0.5) is 5.69 Å². The number of nitrogens with one attached hydrogen (secondary N) is 1. The number of nitrogens with two attached hydrogens (primary N) is 1. The standard InChI is InChI=1S/C21H23N3O5/c1-26-17-6-5-13(8-16(17)24-20(25)12-23)7-15(11-22)14-9-18(27-2)21(29-4)19(10-14)28-3/h5-10H,12,23H2,1-4H3,(H,24,25). The zero-order chi connectivity index (χ0) is 21.4. The van der Waals surface area contributed by atoms with Crippen molar-refractivity contribution in [1.29, 1.82) is 5.26 Å². The number of nitrogens with zero attached hydrogens (tertiary/aromatic N) is 1. The van der Waals surface area contributed by atoms with Crippen molar-refractivity contribution in [3.63, 3.8) is 0 Å². The SMILES string of the molecule is COc1ccc(C=C(C#N)c2cc(OC)c(OC)c(OC)c2)cc1NC(=O)CN. The van der Waals surface area contributed by atoms with Gasteiger partial charge in [0.25, 0.3) is 0 Å². The second kappa shape index (κ2) is 10.0. The van der Waals surface area contributed by atoms with Crippen LogP contribution in [-0.2, 0) is 4.79 Å². The molecule has 0 radical (unpaired) electrons. The molecule has 1 amide bonds. The monoisotopic (exact) mass is 397 g/mol. The van der Waals surface area contributed by atoms with Crippen LogP contribution in [0.25, 0.3) is 11.6 Å². The van der Waals surface area contributed by atoms with Crippen LogP contribution >= 0.6 is 0 Å². The Morgan fingerprint density at radius 2 is 1.66 bits per heavy atom. The van der Waals surface area contributed by atoms with E-state index in [0.29, 0.717) is 45.4 Å². The van der Waals surface area contributed by atoms with E-state index in [4.69, 9.17) is 24.7 Å². The van der Waals surface area contributed by atoms with Gasteiger partial charge in [-0.1, -0.05) is 6.07 Å². The van der Waals surface area contributed by atoms with Crippen molar-refractivity contribution < 1.29 is 23.7 Å². The van der Waals surface area contributed by atoms with Crippen molar-refractivity contribution in [1.82, 2.24) is 0 Å². The number of rotatable bonds is 8. The number of anilines is 1. The predicted molar refractivity (Wildman–Crippen MR) is 110 cm³/mol. The molecule has 152 valence electrons. The molecule has 29 heavy (non-hydrogen) atoms. The molecule has 0 aromatic heterocycles. The molecule has 2 aromatic carbocycles. The number of benzene rings is 2. The van der Waals surface area contributed by atoms with Crippen LogP contribution in [0, 0.1) is 11.3 Å². The molecule has 0 saturated heterocycles. The quantitative estimate of drug-likeness (QED) is 0.520. The van der Waals surface area contributed by atoms with E-state index >= 15 is 0 Å². The molecule has 0 spiro atoms. The Labute approximate surface area is 169 Å². The Bertz CT molecular complexity index is 938. The van der Waals surface area contributed by atoms with E-state index in [0.717, 1.165) is 0 Å². The van der Waals surface area contributed by atoms with Gasteiger partial charge in [0.1, 0.15) is 5.75 Å². The first-order valence-corrected chi connectivity index (χ1v) is 8.61. The lowest BCUT2D eigenvalue weighted by molar-refractivity contribution is -0.114. The molecule has 0 atom stereocenters. The van der Waals surface area contributed by atoms with Gasteiger partial charge in [-0.15, -0.1) is 0 Å². The van der Waals surface area contributed by atoms with E-state index in [1.165, 1.54) is 28.4 Å². The van der Waals surface area contributed by atoms with Gasteiger partial charge in [-0.05, 0) is 41.5 Å². The van der Waals surface area contributed by atoms with Crippen LogP contribution in [0.1, 0.15) is 11.1 Å². The van der Waals surface area contributed by atoms with Crippen LogP contribution < -0.4 is 30.0 Å². The molecule has 0 fully saturated rings. The van der Waals surface area contributed by atoms with Gasteiger partial charge in [0.15, 0.2) is 11.5 Å². The number of nitriles is 1. The molecule has 3 N–H and O–H groups in total. The summed E-state index contributed by atoms with van der Waals surface area (Å²) in [4.78, 5) is 11.7. The van der Waals surface area contributed by atoms with Crippen molar-refractivity contribution >= 4 is 23.2 Å².